The number of esters is 1. The van der Waals surface area contributed by atoms with Gasteiger partial charge in [-0.05, 0) is 42.8 Å². The van der Waals surface area contributed by atoms with Crippen LogP contribution in [-0.4, -0.2) is 25.7 Å². The molecule has 0 aliphatic carbocycles. The molecule has 0 heterocycles. The third kappa shape index (κ3) is 5.50. The largest absolute Gasteiger partial charge is 0.488 e. The Morgan fingerprint density at radius 2 is 1.83 bits per heavy atom. The van der Waals surface area contributed by atoms with Crippen LogP contribution in [0.2, 0.25) is 0 Å². The average Bonchev–Trinajstić information content (AvgIpc) is 2.61. The molecule has 0 aliphatic heterocycles. The van der Waals surface area contributed by atoms with E-state index in [-0.39, 0.29) is 19.2 Å². The van der Waals surface area contributed by atoms with Crippen molar-refractivity contribution >= 4 is 17.3 Å². The van der Waals surface area contributed by atoms with Crippen molar-refractivity contribution in [2.75, 3.05) is 30.8 Å². The van der Waals surface area contributed by atoms with Crippen molar-refractivity contribution < 1.29 is 14.3 Å². The van der Waals surface area contributed by atoms with Gasteiger partial charge in [0.1, 0.15) is 19.0 Å². The van der Waals surface area contributed by atoms with Crippen LogP contribution in [0.5, 0.6) is 5.75 Å². The third-order valence-electron chi connectivity index (χ3n) is 3.47. The Bertz CT molecular complexity index is 641. The fraction of sp³-hybridized carbons (Fsp3) is 0.316. The fourth-order valence-corrected chi connectivity index (χ4v) is 2.11. The van der Waals surface area contributed by atoms with E-state index in [2.05, 4.69) is 12.2 Å². The van der Waals surface area contributed by atoms with Crippen molar-refractivity contribution in [3.63, 3.8) is 0 Å². The second kappa shape index (κ2) is 9.45. The summed E-state index contributed by atoms with van der Waals surface area (Å²) in [5, 5.41) is 3.30. The number of ether oxygens (including phenoxy) is 2. The zero-order valence-electron chi connectivity index (χ0n) is 14.0. The lowest BCUT2D eigenvalue weighted by Gasteiger charge is -2.10. The number of nitrogen functional groups attached to an aromatic ring is 1. The molecule has 0 unspecified atom stereocenters. The minimum absolute atomic E-state index is 0.170. The summed E-state index contributed by atoms with van der Waals surface area (Å²) in [4.78, 5) is 12.0. The van der Waals surface area contributed by atoms with E-state index in [1.54, 1.807) is 24.3 Å². The van der Waals surface area contributed by atoms with Crippen LogP contribution < -0.4 is 15.8 Å². The number of rotatable bonds is 9. The Kier molecular flexibility index (Phi) is 6.95. The third-order valence-corrected chi connectivity index (χ3v) is 3.47. The second-order valence-corrected chi connectivity index (χ2v) is 5.38. The molecule has 0 spiro atoms. The predicted molar refractivity (Wildman–Crippen MR) is 96.5 cm³/mol. The minimum Gasteiger partial charge on any atom is -0.488 e. The standard InChI is InChI=1S/C19H24N2O3/c1-2-3-12-21-16-10-8-15(9-11-16)19(22)24-14-13-23-18-7-5-4-6-17(18)20/h4-11,21H,2-3,12-14,20H2,1H3. The van der Waals surface area contributed by atoms with E-state index in [0.717, 1.165) is 25.1 Å². The molecule has 0 fully saturated rings. The van der Waals surface area contributed by atoms with Crippen LogP contribution in [0, 0.1) is 0 Å². The van der Waals surface area contributed by atoms with Crippen molar-refractivity contribution in [3.8, 4) is 5.75 Å². The van der Waals surface area contributed by atoms with E-state index < -0.39 is 0 Å². The summed E-state index contributed by atoms with van der Waals surface area (Å²) in [6.45, 7) is 3.51. The highest BCUT2D eigenvalue weighted by molar-refractivity contribution is 5.89. The smallest absolute Gasteiger partial charge is 0.338 e. The molecule has 2 aromatic rings. The first-order chi connectivity index (χ1) is 11.7. The summed E-state index contributed by atoms with van der Waals surface area (Å²) < 4.78 is 10.7. The first-order valence-electron chi connectivity index (χ1n) is 8.19. The van der Waals surface area contributed by atoms with Crippen LogP contribution >= 0.6 is 0 Å². The van der Waals surface area contributed by atoms with Crippen molar-refractivity contribution in [2.24, 2.45) is 0 Å². The van der Waals surface area contributed by atoms with E-state index >= 15 is 0 Å². The number of nitrogens with two attached hydrogens (primary N) is 1. The predicted octanol–water partition coefficient (Wildman–Crippen LogP) is 3.72. The molecule has 5 heteroatoms. The van der Waals surface area contributed by atoms with Gasteiger partial charge in [0, 0.05) is 12.2 Å². The number of nitrogens with one attached hydrogen (secondary N) is 1. The van der Waals surface area contributed by atoms with Gasteiger partial charge in [0.05, 0.1) is 11.3 Å². The Morgan fingerprint density at radius 3 is 2.54 bits per heavy atom. The highest BCUT2D eigenvalue weighted by atomic mass is 16.6. The van der Waals surface area contributed by atoms with Gasteiger partial charge in [0.25, 0.3) is 0 Å². The SMILES string of the molecule is CCCCNc1ccc(C(=O)OCCOc2ccccc2N)cc1. The number of carbonyl (C=O) groups is 1. The summed E-state index contributed by atoms with van der Waals surface area (Å²) >= 11 is 0. The number of anilines is 2. The van der Waals surface area contributed by atoms with Crippen LogP contribution in [0.25, 0.3) is 0 Å². The van der Waals surface area contributed by atoms with E-state index in [4.69, 9.17) is 15.2 Å². The summed E-state index contributed by atoms with van der Waals surface area (Å²) in [5.74, 6) is 0.232. The van der Waals surface area contributed by atoms with Crippen LogP contribution in [0.15, 0.2) is 48.5 Å². The van der Waals surface area contributed by atoms with Crippen molar-refractivity contribution in [1.29, 1.82) is 0 Å². The lowest BCUT2D eigenvalue weighted by molar-refractivity contribution is 0.0451. The number of benzene rings is 2. The van der Waals surface area contributed by atoms with Gasteiger partial charge >= 0.3 is 5.97 Å². The molecular weight excluding hydrogens is 304 g/mol. The second-order valence-electron chi connectivity index (χ2n) is 5.38. The lowest BCUT2D eigenvalue weighted by atomic mass is 10.2. The fourth-order valence-electron chi connectivity index (χ4n) is 2.11. The van der Waals surface area contributed by atoms with Crippen LogP contribution in [0.3, 0.4) is 0 Å². The number of unbranched alkanes of at least 4 members (excludes halogenated alkanes) is 1. The van der Waals surface area contributed by atoms with Gasteiger partial charge in [-0.25, -0.2) is 4.79 Å². The van der Waals surface area contributed by atoms with Gasteiger partial charge in [-0.1, -0.05) is 25.5 Å². The molecule has 3 N–H and O–H groups in total. The van der Waals surface area contributed by atoms with Crippen molar-refractivity contribution in [3.05, 3.63) is 54.1 Å². The van der Waals surface area contributed by atoms with Crippen LogP contribution in [0.4, 0.5) is 11.4 Å². The number of carbonyl (C=O) groups excluding carboxylic acids is 1. The average molecular weight is 328 g/mol. The molecule has 24 heavy (non-hydrogen) atoms. The molecule has 2 rings (SSSR count). The molecule has 128 valence electrons. The van der Waals surface area contributed by atoms with Gasteiger partial charge in [0.15, 0.2) is 0 Å². The van der Waals surface area contributed by atoms with E-state index in [0.29, 0.717) is 17.0 Å². The van der Waals surface area contributed by atoms with Crippen molar-refractivity contribution in [1.82, 2.24) is 0 Å². The normalized spacial score (nSPS) is 10.2. The monoisotopic (exact) mass is 328 g/mol. The van der Waals surface area contributed by atoms with Gasteiger partial charge in [-0.2, -0.15) is 0 Å². The maximum atomic E-state index is 12.0. The Morgan fingerprint density at radius 1 is 1.08 bits per heavy atom. The molecule has 0 amide bonds. The zero-order valence-corrected chi connectivity index (χ0v) is 14.0. The maximum absolute atomic E-state index is 12.0. The quantitative estimate of drug-likeness (QED) is 0.417. The molecule has 5 nitrogen and oxygen atoms in total. The Labute approximate surface area is 142 Å². The highest BCUT2D eigenvalue weighted by Crippen LogP contribution is 2.19. The Hall–Kier alpha value is -2.69. The number of hydrogen-bond acceptors (Lipinski definition) is 5. The lowest BCUT2D eigenvalue weighted by Crippen LogP contribution is -2.13. The zero-order chi connectivity index (χ0) is 17.2. The summed E-state index contributed by atoms with van der Waals surface area (Å²) in [6, 6.07) is 14.5. The minimum atomic E-state index is -0.361. The van der Waals surface area contributed by atoms with Crippen LogP contribution in [-0.2, 0) is 4.74 Å². The molecule has 0 aromatic heterocycles. The van der Waals surface area contributed by atoms with Gasteiger partial charge in [0.2, 0.25) is 0 Å². The Balaban J connectivity index is 1.73. The van der Waals surface area contributed by atoms with Gasteiger partial charge in [-0.15, -0.1) is 0 Å². The maximum Gasteiger partial charge on any atom is 0.338 e. The number of hydrogen-bond donors (Lipinski definition) is 2. The first-order valence-corrected chi connectivity index (χ1v) is 8.19. The van der Waals surface area contributed by atoms with E-state index in [1.807, 2.05) is 24.3 Å². The topological polar surface area (TPSA) is 73.6 Å². The molecule has 0 saturated heterocycles. The highest BCUT2D eigenvalue weighted by Gasteiger charge is 2.07. The summed E-state index contributed by atoms with van der Waals surface area (Å²) in [6.07, 6.45) is 2.27. The molecule has 0 bridgehead atoms. The summed E-state index contributed by atoms with van der Waals surface area (Å²) in [5.41, 5.74) is 7.86. The summed E-state index contributed by atoms with van der Waals surface area (Å²) in [7, 11) is 0. The number of para-hydroxylation sites is 2. The molecule has 0 radical (unpaired) electrons. The molecule has 0 saturated carbocycles. The van der Waals surface area contributed by atoms with E-state index in [9.17, 15) is 4.79 Å². The van der Waals surface area contributed by atoms with E-state index in [1.165, 1.54) is 0 Å². The molecular formula is C19H24N2O3. The van der Waals surface area contributed by atoms with Crippen LogP contribution in [0.1, 0.15) is 30.1 Å². The van der Waals surface area contributed by atoms with Gasteiger partial charge < -0.3 is 20.5 Å². The van der Waals surface area contributed by atoms with Crippen molar-refractivity contribution in [2.45, 2.75) is 19.8 Å². The van der Waals surface area contributed by atoms with Gasteiger partial charge in [-0.3, -0.25) is 0 Å². The molecule has 0 atom stereocenters. The molecule has 2 aromatic carbocycles. The first kappa shape index (κ1) is 17.7. The molecule has 0 aliphatic rings.